The molecule has 1 aliphatic carbocycles. The number of rotatable bonds is 1. The van der Waals surface area contributed by atoms with Crippen LogP contribution < -0.4 is 0 Å². The molecular formula is C27H16N2. The maximum absolute atomic E-state index is 4.69. The molecule has 0 fully saturated rings. The molecule has 2 heteroatoms. The van der Waals surface area contributed by atoms with Crippen LogP contribution in [0, 0.1) is 0 Å². The second-order valence-electron chi connectivity index (χ2n) is 7.63. The molecule has 2 aromatic heterocycles. The molecule has 0 unspecified atom stereocenters. The fraction of sp³-hybridized carbons (Fsp3) is 0. The Labute approximate surface area is 167 Å². The third kappa shape index (κ3) is 1.83. The summed E-state index contributed by atoms with van der Waals surface area (Å²) in [4.78, 5) is 4.69. The Kier molecular flexibility index (Phi) is 2.77. The number of nitrogens with zero attached hydrogens (tertiary/aromatic N) is 2. The van der Waals surface area contributed by atoms with Crippen molar-refractivity contribution in [3.05, 3.63) is 97.2 Å². The van der Waals surface area contributed by atoms with Crippen molar-refractivity contribution in [1.29, 1.82) is 0 Å². The molecule has 0 radical (unpaired) electrons. The van der Waals surface area contributed by atoms with Crippen LogP contribution in [0.25, 0.3) is 60.6 Å². The molecule has 7 rings (SSSR count). The first-order chi connectivity index (χ1) is 14.4. The van der Waals surface area contributed by atoms with Crippen LogP contribution in [0.15, 0.2) is 97.2 Å². The molecule has 134 valence electrons. The predicted molar refractivity (Wildman–Crippen MR) is 121 cm³/mol. The second kappa shape index (κ2) is 5.33. The summed E-state index contributed by atoms with van der Waals surface area (Å²) in [6.45, 7) is 0. The molecule has 2 nitrogen and oxygen atoms in total. The first-order valence-corrected chi connectivity index (χ1v) is 9.92. The van der Waals surface area contributed by atoms with E-state index in [4.69, 9.17) is 4.98 Å². The van der Waals surface area contributed by atoms with Gasteiger partial charge in [0.25, 0.3) is 0 Å². The Morgan fingerprint density at radius 1 is 0.552 bits per heavy atom. The highest BCUT2D eigenvalue weighted by atomic mass is 15.1. The average Bonchev–Trinajstić information content (AvgIpc) is 3.30. The van der Waals surface area contributed by atoms with E-state index >= 15 is 0 Å². The lowest BCUT2D eigenvalue weighted by Gasteiger charge is -2.10. The molecule has 0 amide bonds. The van der Waals surface area contributed by atoms with Crippen molar-refractivity contribution in [2.75, 3.05) is 0 Å². The van der Waals surface area contributed by atoms with E-state index in [1.807, 2.05) is 12.3 Å². The van der Waals surface area contributed by atoms with Crippen molar-refractivity contribution in [2.24, 2.45) is 0 Å². The van der Waals surface area contributed by atoms with Gasteiger partial charge in [0.15, 0.2) is 0 Å². The van der Waals surface area contributed by atoms with Crippen LogP contribution in [0.3, 0.4) is 0 Å². The normalized spacial score (nSPS) is 12.1. The van der Waals surface area contributed by atoms with E-state index in [1.54, 1.807) is 0 Å². The molecule has 0 spiro atoms. The third-order valence-electron chi connectivity index (χ3n) is 6.18. The van der Waals surface area contributed by atoms with Crippen LogP contribution in [-0.2, 0) is 0 Å². The van der Waals surface area contributed by atoms with Gasteiger partial charge in [-0.1, -0.05) is 66.7 Å². The van der Waals surface area contributed by atoms with E-state index in [9.17, 15) is 0 Å². The molecule has 0 aliphatic heterocycles. The summed E-state index contributed by atoms with van der Waals surface area (Å²) in [6.07, 6.45) is 1.87. The summed E-state index contributed by atoms with van der Waals surface area (Å²) >= 11 is 0. The molecular weight excluding hydrogens is 352 g/mol. The highest BCUT2D eigenvalue weighted by Gasteiger charge is 2.25. The minimum atomic E-state index is 0.954. The Hall–Kier alpha value is -3.91. The van der Waals surface area contributed by atoms with Crippen molar-refractivity contribution < 1.29 is 0 Å². The fourth-order valence-electron chi connectivity index (χ4n) is 5.05. The summed E-state index contributed by atoms with van der Waals surface area (Å²) in [7, 11) is 0. The number of para-hydroxylation sites is 1. The molecule has 6 aromatic rings. The molecule has 0 bridgehead atoms. The summed E-state index contributed by atoms with van der Waals surface area (Å²) in [5.41, 5.74) is 7.75. The van der Waals surface area contributed by atoms with Gasteiger partial charge in [-0.05, 0) is 51.9 Å². The number of pyridine rings is 1. The number of aromatic nitrogens is 2. The van der Waals surface area contributed by atoms with Crippen molar-refractivity contribution in [2.45, 2.75) is 0 Å². The Morgan fingerprint density at radius 3 is 2.14 bits per heavy atom. The van der Waals surface area contributed by atoms with Crippen molar-refractivity contribution >= 4 is 32.6 Å². The zero-order chi connectivity index (χ0) is 18.9. The summed E-state index contributed by atoms with van der Waals surface area (Å²) < 4.78 is 2.32. The van der Waals surface area contributed by atoms with Gasteiger partial charge < -0.3 is 0 Å². The quantitative estimate of drug-likeness (QED) is 0.306. The van der Waals surface area contributed by atoms with Crippen LogP contribution in [-0.4, -0.2) is 9.55 Å². The van der Waals surface area contributed by atoms with E-state index < -0.39 is 0 Å². The van der Waals surface area contributed by atoms with Gasteiger partial charge in [0.2, 0.25) is 0 Å². The maximum Gasteiger partial charge on any atom is 0.137 e. The lowest BCUT2D eigenvalue weighted by molar-refractivity contribution is 1.08. The van der Waals surface area contributed by atoms with E-state index in [0.29, 0.717) is 0 Å². The van der Waals surface area contributed by atoms with E-state index in [0.717, 1.165) is 5.82 Å². The predicted octanol–water partition coefficient (Wildman–Crippen LogP) is 6.98. The van der Waals surface area contributed by atoms with Crippen LogP contribution in [0.1, 0.15) is 0 Å². The summed E-state index contributed by atoms with van der Waals surface area (Å²) in [6, 6.07) is 32.6. The highest BCUT2D eigenvalue weighted by molar-refractivity contribution is 6.27. The third-order valence-corrected chi connectivity index (χ3v) is 6.18. The van der Waals surface area contributed by atoms with Crippen LogP contribution >= 0.6 is 0 Å². The number of benzene rings is 4. The molecule has 0 atom stereocenters. The first-order valence-electron chi connectivity index (χ1n) is 9.92. The van der Waals surface area contributed by atoms with Gasteiger partial charge in [0.1, 0.15) is 5.82 Å². The van der Waals surface area contributed by atoms with Gasteiger partial charge in [-0.25, -0.2) is 4.98 Å². The lowest BCUT2D eigenvalue weighted by Crippen LogP contribution is -1.96. The largest absolute Gasteiger partial charge is 0.293 e. The molecule has 29 heavy (non-hydrogen) atoms. The van der Waals surface area contributed by atoms with Crippen LogP contribution in [0.4, 0.5) is 0 Å². The Bertz CT molecular complexity index is 1590. The average molecular weight is 368 g/mol. The van der Waals surface area contributed by atoms with Gasteiger partial charge in [-0.15, -0.1) is 0 Å². The van der Waals surface area contributed by atoms with Crippen LogP contribution in [0.5, 0.6) is 0 Å². The maximum atomic E-state index is 4.69. The SMILES string of the molecule is c1ccc(-n2c3ccccc3c3cc4c5c(cccc5c32)-c2ccccc2-4)nc1. The van der Waals surface area contributed by atoms with Crippen molar-refractivity contribution in [3.8, 4) is 28.1 Å². The van der Waals surface area contributed by atoms with Crippen molar-refractivity contribution in [3.63, 3.8) is 0 Å². The monoisotopic (exact) mass is 368 g/mol. The molecule has 0 N–H and O–H groups in total. The fourth-order valence-corrected chi connectivity index (χ4v) is 5.05. The van der Waals surface area contributed by atoms with E-state index in [1.165, 1.54) is 54.8 Å². The Morgan fingerprint density at radius 2 is 1.28 bits per heavy atom. The minimum absolute atomic E-state index is 0.954. The zero-order valence-electron chi connectivity index (χ0n) is 15.6. The second-order valence-corrected chi connectivity index (χ2v) is 7.63. The van der Waals surface area contributed by atoms with Gasteiger partial charge in [0, 0.05) is 22.4 Å². The molecule has 0 saturated carbocycles. The number of fused-ring (bicyclic) bond motifs is 7. The summed E-state index contributed by atoms with van der Waals surface area (Å²) in [5, 5.41) is 5.18. The number of hydrogen-bond acceptors (Lipinski definition) is 1. The van der Waals surface area contributed by atoms with Gasteiger partial charge >= 0.3 is 0 Å². The first kappa shape index (κ1) is 15.1. The Balaban J connectivity index is 1.78. The highest BCUT2D eigenvalue weighted by Crippen LogP contribution is 2.50. The van der Waals surface area contributed by atoms with Gasteiger partial charge in [0.05, 0.1) is 11.0 Å². The summed E-state index contributed by atoms with van der Waals surface area (Å²) in [5.74, 6) is 0.954. The van der Waals surface area contributed by atoms with Gasteiger partial charge in [-0.2, -0.15) is 0 Å². The zero-order valence-corrected chi connectivity index (χ0v) is 15.6. The van der Waals surface area contributed by atoms with E-state index in [-0.39, 0.29) is 0 Å². The smallest absolute Gasteiger partial charge is 0.137 e. The topological polar surface area (TPSA) is 17.8 Å². The molecule has 2 heterocycles. The molecule has 4 aromatic carbocycles. The lowest BCUT2D eigenvalue weighted by atomic mass is 9.99. The molecule has 1 aliphatic rings. The van der Waals surface area contributed by atoms with E-state index in [2.05, 4.69) is 89.5 Å². The standard InChI is InChI=1S/C27H16N2/c1-2-9-18-17(8-1)20-11-7-12-21-26(20)22(18)16-23-19-10-3-4-13-24(19)29(27(21)23)25-14-5-6-15-28-25/h1-16H. The van der Waals surface area contributed by atoms with Crippen molar-refractivity contribution in [1.82, 2.24) is 9.55 Å². The molecule has 0 saturated heterocycles. The van der Waals surface area contributed by atoms with Gasteiger partial charge in [-0.3, -0.25) is 4.57 Å². The van der Waals surface area contributed by atoms with Crippen LogP contribution in [0.2, 0.25) is 0 Å². The number of hydrogen-bond donors (Lipinski definition) is 0. The minimum Gasteiger partial charge on any atom is -0.293 e.